The van der Waals surface area contributed by atoms with Crippen molar-refractivity contribution >= 4 is 5.91 Å². The van der Waals surface area contributed by atoms with E-state index < -0.39 is 16.9 Å². The molecule has 0 saturated carbocycles. The summed E-state index contributed by atoms with van der Waals surface area (Å²) >= 11 is 0. The highest BCUT2D eigenvalue weighted by Gasteiger charge is 2.37. The first-order valence-electron chi connectivity index (χ1n) is 10.7. The average Bonchev–Trinajstić information content (AvgIpc) is 3.23. The summed E-state index contributed by atoms with van der Waals surface area (Å²) in [5.41, 5.74) is 4.77. The third-order valence-electron chi connectivity index (χ3n) is 5.33. The van der Waals surface area contributed by atoms with Gasteiger partial charge in [-0.05, 0) is 32.1 Å². The van der Waals surface area contributed by atoms with Gasteiger partial charge in [0, 0.05) is 25.8 Å². The maximum atomic E-state index is 13.0. The molecule has 2 unspecified atom stereocenters. The molecule has 1 aromatic rings. The van der Waals surface area contributed by atoms with Crippen LogP contribution in [0, 0.1) is 0 Å². The van der Waals surface area contributed by atoms with E-state index in [1.54, 1.807) is 0 Å². The lowest BCUT2D eigenvalue weighted by Gasteiger charge is -2.27. The molecule has 2 atom stereocenters. The molecule has 9 heteroatoms. The molecule has 0 aliphatic carbocycles. The Hall–Kier alpha value is -1.94. The highest BCUT2D eigenvalue weighted by molar-refractivity contribution is 5.94. The number of amides is 1. The first-order chi connectivity index (χ1) is 14.6. The van der Waals surface area contributed by atoms with Gasteiger partial charge in [0.1, 0.15) is 12.4 Å². The standard InChI is InChI=1S/C21H32N2O7/c1-2-3-8-28-18-16(24)11-15(12-29-17-6-4-5-9-27-17)30-19(18)20(25)23-21(13-22)7-10-26-14-21/h11,17H,2-10,12-14,22H2,1H3,(H,23,25). The van der Waals surface area contributed by atoms with Crippen molar-refractivity contribution in [2.24, 2.45) is 5.73 Å². The van der Waals surface area contributed by atoms with E-state index in [0.717, 1.165) is 32.1 Å². The van der Waals surface area contributed by atoms with Crippen LogP contribution in [0.25, 0.3) is 0 Å². The summed E-state index contributed by atoms with van der Waals surface area (Å²) in [6.07, 6.45) is 4.73. The number of hydrogen-bond donors (Lipinski definition) is 2. The predicted octanol–water partition coefficient (Wildman–Crippen LogP) is 1.71. The van der Waals surface area contributed by atoms with Crippen molar-refractivity contribution in [1.29, 1.82) is 0 Å². The number of hydrogen-bond acceptors (Lipinski definition) is 8. The van der Waals surface area contributed by atoms with Crippen LogP contribution >= 0.6 is 0 Å². The fourth-order valence-corrected chi connectivity index (χ4v) is 3.44. The molecule has 1 amide bonds. The molecule has 0 aromatic carbocycles. The van der Waals surface area contributed by atoms with Crippen LogP contribution in [0.4, 0.5) is 0 Å². The zero-order chi connectivity index (χ0) is 21.4. The Morgan fingerprint density at radius 1 is 1.37 bits per heavy atom. The SMILES string of the molecule is CCCCOc1c(C(=O)NC2(CN)CCOC2)oc(COC2CCCCO2)cc1=O. The van der Waals surface area contributed by atoms with Gasteiger partial charge in [0.25, 0.3) is 5.91 Å². The van der Waals surface area contributed by atoms with Gasteiger partial charge in [-0.2, -0.15) is 0 Å². The van der Waals surface area contributed by atoms with Crippen LogP contribution in [-0.2, 0) is 20.8 Å². The average molecular weight is 424 g/mol. The molecule has 30 heavy (non-hydrogen) atoms. The zero-order valence-electron chi connectivity index (χ0n) is 17.6. The van der Waals surface area contributed by atoms with Crippen LogP contribution in [0.15, 0.2) is 15.3 Å². The number of carbonyl (C=O) groups is 1. The quantitative estimate of drug-likeness (QED) is 0.544. The normalized spacial score (nSPS) is 24.0. The van der Waals surface area contributed by atoms with E-state index in [4.69, 9.17) is 29.1 Å². The van der Waals surface area contributed by atoms with Crippen molar-refractivity contribution in [1.82, 2.24) is 5.32 Å². The van der Waals surface area contributed by atoms with Crippen molar-refractivity contribution in [2.45, 2.75) is 63.9 Å². The zero-order valence-corrected chi connectivity index (χ0v) is 17.6. The smallest absolute Gasteiger partial charge is 0.291 e. The van der Waals surface area contributed by atoms with E-state index >= 15 is 0 Å². The topological polar surface area (TPSA) is 122 Å². The Morgan fingerprint density at radius 3 is 2.90 bits per heavy atom. The maximum Gasteiger partial charge on any atom is 0.291 e. The van der Waals surface area contributed by atoms with Gasteiger partial charge in [-0.15, -0.1) is 0 Å². The lowest BCUT2D eigenvalue weighted by atomic mass is 9.99. The highest BCUT2D eigenvalue weighted by atomic mass is 16.7. The molecular formula is C21H32N2O7. The number of rotatable bonds is 10. The molecule has 168 valence electrons. The first kappa shape index (κ1) is 22.7. The Balaban J connectivity index is 1.79. The Labute approximate surface area is 176 Å². The molecule has 2 aliphatic heterocycles. The molecule has 2 saturated heterocycles. The largest absolute Gasteiger partial charge is 0.486 e. The maximum absolute atomic E-state index is 13.0. The molecule has 3 rings (SSSR count). The summed E-state index contributed by atoms with van der Waals surface area (Å²) in [6.45, 7) is 4.05. The number of nitrogens with one attached hydrogen (secondary N) is 1. The molecule has 0 bridgehead atoms. The van der Waals surface area contributed by atoms with E-state index in [-0.39, 0.29) is 36.7 Å². The third kappa shape index (κ3) is 5.81. The molecule has 0 radical (unpaired) electrons. The van der Waals surface area contributed by atoms with Crippen LogP contribution in [0.1, 0.15) is 61.8 Å². The van der Waals surface area contributed by atoms with Gasteiger partial charge < -0.3 is 34.4 Å². The molecule has 2 fully saturated rings. The van der Waals surface area contributed by atoms with Crippen molar-refractivity contribution in [2.75, 3.05) is 33.0 Å². The van der Waals surface area contributed by atoms with Gasteiger partial charge in [0.2, 0.25) is 16.9 Å². The number of unbranched alkanes of at least 4 members (excludes halogenated alkanes) is 1. The van der Waals surface area contributed by atoms with Crippen LogP contribution in [0.2, 0.25) is 0 Å². The molecule has 3 N–H and O–H groups in total. The van der Waals surface area contributed by atoms with Crippen LogP contribution in [0.3, 0.4) is 0 Å². The first-order valence-corrected chi connectivity index (χ1v) is 10.7. The van der Waals surface area contributed by atoms with Crippen LogP contribution in [-0.4, -0.2) is 50.7 Å². The lowest BCUT2D eigenvalue weighted by Crippen LogP contribution is -2.54. The van der Waals surface area contributed by atoms with Gasteiger partial charge in [-0.1, -0.05) is 13.3 Å². The van der Waals surface area contributed by atoms with Crippen molar-refractivity contribution in [3.05, 3.63) is 27.8 Å². The summed E-state index contributed by atoms with van der Waals surface area (Å²) in [5, 5.41) is 2.88. The Kier molecular flexibility index (Phi) is 8.26. The summed E-state index contributed by atoms with van der Waals surface area (Å²) in [7, 11) is 0. The van der Waals surface area contributed by atoms with Gasteiger partial charge in [-0.25, -0.2) is 0 Å². The summed E-state index contributed by atoms with van der Waals surface area (Å²) in [6, 6.07) is 1.30. The van der Waals surface area contributed by atoms with Crippen molar-refractivity contribution in [3.8, 4) is 5.75 Å². The second-order valence-corrected chi connectivity index (χ2v) is 7.79. The minimum absolute atomic E-state index is 0.0283. The van der Waals surface area contributed by atoms with Gasteiger partial charge in [0.05, 0.1) is 18.8 Å². The minimum atomic E-state index is -0.682. The summed E-state index contributed by atoms with van der Waals surface area (Å²) in [5.74, 6) is -0.567. The van der Waals surface area contributed by atoms with Gasteiger partial charge in [-0.3, -0.25) is 9.59 Å². The van der Waals surface area contributed by atoms with Crippen molar-refractivity contribution < 1.29 is 28.2 Å². The molecule has 0 spiro atoms. The monoisotopic (exact) mass is 424 g/mol. The summed E-state index contributed by atoms with van der Waals surface area (Å²) < 4.78 is 28.0. The number of nitrogens with two attached hydrogens (primary N) is 1. The number of carbonyl (C=O) groups excluding carboxylic acids is 1. The second kappa shape index (κ2) is 10.9. The Morgan fingerprint density at radius 2 is 2.23 bits per heavy atom. The fraction of sp³-hybridized carbons (Fsp3) is 0.714. The predicted molar refractivity (Wildman–Crippen MR) is 108 cm³/mol. The molecule has 9 nitrogen and oxygen atoms in total. The second-order valence-electron chi connectivity index (χ2n) is 7.79. The molecule has 3 heterocycles. The van der Waals surface area contributed by atoms with Crippen LogP contribution < -0.4 is 21.2 Å². The lowest BCUT2D eigenvalue weighted by molar-refractivity contribution is -0.171. The minimum Gasteiger partial charge on any atom is -0.486 e. The molecular weight excluding hydrogens is 392 g/mol. The molecule has 2 aliphatic rings. The highest BCUT2D eigenvalue weighted by Crippen LogP contribution is 2.22. The van der Waals surface area contributed by atoms with Gasteiger partial charge in [0.15, 0.2) is 6.29 Å². The van der Waals surface area contributed by atoms with Crippen molar-refractivity contribution in [3.63, 3.8) is 0 Å². The van der Waals surface area contributed by atoms with Crippen LogP contribution in [0.5, 0.6) is 5.75 Å². The van der Waals surface area contributed by atoms with E-state index in [9.17, 15) is 9.59 Å². The fourth-order valence-electron chi connectivity index (χ4n) is 3.44. The van der Waals surface area contributed by atoms with E-state index in [1.807, 2.05) is 6.92 Å². The number of ether oxygens (including phenoxy) is 4. The third-order valence-corrected chi connectivity index (χ3v) is 5.33. The van der Waals surface area contributed by atoms with Gasteiger partial charge >= 0.3 is 0 Å². The molecule has 1 aromatic heterocycles. The van der Waals surface area contributed by atoms with E-state index in [2.05, 4.69) is 5.32 Å². The van der Waals surface area contributed by atoms with E-state index in [1.165, 1.54) is 6.07 Å². The van der Waals surface area contributed by atoms with E-state index in [0.29, 0.717) is 32.8 Å². The Bertz CT molecular complexity index is 752. The summed E-state index contributed by atoms with van der Waals surface area (Å²) in [4.78, 5) is 25.7.